The molecule has 19 heavy (non-hydrogen) atoms. The molecule has 1 aliphatic heterocycles. The van der Waals surface area contributed by atoms with Crippen LogP contribution in [0.5, 0.6) is 0 Å². The van der Waals surface area contributed by atoms with Crippen LogP contribution < -0.4 is 5.73 Å². The summed E-state index contributed by atoms with van der Waals surface area (Å²) >= 11 is 6.21. The number of hydrogen-bond donors (Lipinski definition) is 1. The standard InChI is InChI=1S/C12H19ClN4O.HI/c1-7-4-17(5-9(7)12(14)18)6-10-8(2)15-16(3)11(10)13;/h7,9H,4-6H2,1-3H3,(H2,14,18);1H/t7-,9-;/m1./s1. The van der Waals surface area contributed by atoms with Crippen molar-refractivity contribution in [2.24, 2.45) is 24.6 Å². The molecule has 1 saturated heterocycles. The van der Waals surface area contributed by atoms with E-state index in [4.69, 9.17) is 17.3 Å². The number of nitrogens with two attached hydrogens (primary N) is 1. The van der Waals surface area contributed by atoms with Crippen LogP contribution in [0.4, 0.5) is 0 Å². The molecule has 0 aliphatic carbocycles. The third kappa shape index (κ3) is 3.41. The second-order valence-corrected chi connectivity index (χ2v) is 5.52. The number of aromatic nitrogens is 2. The van der Waals surface area contributed by atoms with Gasteiger partial charge in [0.1, 0.15) is 5.15 Å². The highest BCUT2D eigenvalue weighted by Gasteiger charge is 2.33. The first-order valence-corrected chi connectivity index (χ1v) is 6.47. The number of nitrogens with zero attached hydrogens (tertiary/aromatic N) is 3. The third-order valence-electron chi connectivity index (χ3n) is 3.71. The number of primary amides is 1. The van der Waals surface area contributed by atoms with Gasteiger partial charge in [0.2, 0.25) is 5.91 Å². The fourth-order valence-corrected chi connectivity index (χ4v) is 2.88. The molecule has 2 rings (SSSR count). The number of carbonyl (C=O) groups is 1. The molecule has 0 aromatic carbocycles. The maximum atomic E-state index is 11.3. The number of carbonyl (C=O) groups excluding carboxylic acids is 1. The van der Waals surface area contributed by atoms with Gasteiger partial charge >= 0.3 is 0 Å². The van der Waals surface area contributed by atoms with Crippen molar-refractivity contribution < 1.29 is 4.79 Å². The number of amides is 1. The molecule has 2 heterocycles. The summed E-state index contributed by atoms with van der Waals surface area (Å²) < 4.78 is 1.68. The zero-order chi connectivity index (χ0) is 13.4. The van der Waals surface area contributed by atoms with Crippen LogP contribution in [0.25, 0.3) is 0 Å². The van der Waals surface area contributed by atoms with E-state index in [1.165, 1.54) is 0 Å². The predicted molar refractivity (Wildman–Crippen MR) is 85.5 cm³/mol. The van der Waals surface area contributed by atoms with Gasteiger partial charge in [-0.25, -0.2) is 0 Å². The Bertz CT molecular complexity index is 477. The van der Waals surface area contributed by atoms with Crippen LogP contribution in [0, 0.1) is 18.8 Å². The molecule has 2 N–H and O–H groups in total. The Kier molecular flexibility index (Phi) is 5.64. The number of rotatable bonds is 3. The molecule has 5 nitrogen and oxygen atoms in total. The maximum Gasteiger partial charge on any atom is 0.222 e. The monoisotopic (exact) mass is 398 g/mol. The van der Waals surface area contributed by atoms with Crippen molar-refractivity contribution >= 4 is 41.5 Å². The van der Waals surface area contributed by atoms with Crippen LogP contribution in [0.15, 0.2) is 0 Å². The molecule has 0 saturated carbocycles. The largest absolute Gasteiger partial charge is 0.369 e. The molecule has 0 spiro atoms. The van der Waals surface area contributed by atoms with E-state index in [9.17, 15) is 4.79 Å². The highest BCUT2D eigenvalue weighted by atomic mass is 127. The first-order chi connectivity index (χ1) is 8.40. The zero-order valence-corrected chi connectivity index (χ0v) is 14.5. The van der Waals surface area contributed by atoms with E-state index in [0.29, 0.717) is 17.6 Å². The van der Waals surface area contributed by atoms with Gasteiger partial charge in [0.05, 0.1) is 11.6 Å². The lowest BCUT2D eigenvalue weighted by atomic mass is 9.98. The van der Waals surface area contributed by atoms with Gasteiger partial charge in [0.15, 0.2) is 0 Å². The number of aryl methyl sites for hydroxylation is 2. The summed E-state index contributed by atoms with van der Waals surface area (Å²) in [5.41, 5.74) is 7.38. The summed E-state index contributed by atoms with van der Waals surface area (Å²) in [5, 5.41) is 4.96. The van der Waals surface area contributed by atoms with E-state index in [2.05, 4.69) is 16.9 Å². The average molecular weight is 399 g/mol. The molecule has 1 fully saturated rings. The topological polar surface area (TPSA) is 64.2 Å². The summed E-state index contributed by atoms with van der Waals surface area (Å²) in [5.74, 6) is 0.0398. The van der Waals surface area contributed by atoms with Crippen LogP contribution in [0.1, 0.15) is 18.2 Å². The Morgan fingerprint density at radius 3 is 2.58 bits per heavy atom. The van der Waals surface area contributed by atoms with Crippen molar-refractivity contribution in [3.05, 3.63) is 16.4 Å². The number of halogens is 2. The Morgan fingerprint density at radius 1 is 1.53 bits per heavy atom. The van der Waals surface area contributed by atoms with Crippen molar-refractivity contribution in [2.75, 3.05) is 13.1 Å². The van der Waals surface area contributed by atoms with Gasteiger partial charge in [0.25, 0.3) is 0 Å². The second-order valence-electron chi connectivity index (χ2n) is 5.16. The lowest BCUT2D eigenvalue weighted by molar-refractivity contribution is -0.122. The first kappa shape index (κ1) is 16.7. The Hall–Kier alpha value is -0.340. The molecule has 0 unspecified atom stereocenters. The molecule has 7 heteroatoms. The molecule has 1 aromatic rings. The fraction of sp³-hybridized carbons (Fsp3) is 0.667. The summed E-state index contributed by atoms with van der Waals surface area (Å²) in [6.45, 7) is 6.32. The van der Waals surface area contributed by atoms with Crippen LogP contribution in [0.2, 0.25) is 5.15 Å². The van der Waals surface area contributed by atoms with E-state index in [1.807, 2.05) is 14.0 Å². The van der Waals surface area contributed by atoms with Crippen molar-refractivity contribution in [3.63, 3.8) is 0 Å². The maximum absolute atomic E-state index is 11.3. The van der Waals surface area contributed by atoms with Gasteiger partial charge in [-0.05, 0) is 12.8 Å². The molecule has 1 amide bonds. The minimum Gasteiger partial charge on any atom is -0.369 e. The molecule has 108 valence electrons. The van der Waals surface area contributed by atoms with Gasteiger partial charge in [-0.1, -0.05) is 18.5 Å². The smallest absolute Gasteiger partial charge is 0.222 e. The summed E-state index contributed by atoms with van der Waals surface area (Å²) in [7, 11) is 1.83. The average Bonchev–Trinajstić information content (AvgIpc) is 2.75. The molecule has 1 aromatic heterocycles. The first-order valence-electron chi connectivity index (χ1n) is 6.09. The van der Waals surface area contributed by atoms with Crippen LogP contribution >= 0.6 is 35.6 Å². The summed E-state index contributed by atoms with van der Waals surface area (Å²) in [4.78, 5) is 13.5. The van der Waals surface area contributed by atoms with E-state index in [0.717, 1.165) is 24.3 Å². The van der Waals surface area contributed by atoms with Gasteiger partial charge < -0.3 is 5.73 Å². The van der Waals surface area contributed by atoms with Crippen molar-refractivity contribution in [1.29, 1.82) is 0 Å². The quantitative estimate of drug-likeness (QED) is 0.786. The van der Waals surface area contributed by atoms with Crippen molar-refractivity contribution in [2.45, 2.75) is 20.4 Å². The van der Waals surface area contributed by atoms with Crippen LogP contribution in [-0.2, 0) is 18.4 Å². The number of likely N-dealkylation sites (tertiary alicyclic amines) is 1. The zero-order valence-electron chi connectivity index (χ0n) is 11.4. The normalized spacial score (nSPS) is 23.4. The highest BCUT2D eigenvalue weighted by Crippen LogP contribution is 2.27. The van der Waals surface area contributed by atoms with Crippen molar-refractivity contribution in [3.8, 4) is 0 Å². The van der Waals surface area contributed by atoms with Gasteiger partial charge in [-0.15, -0.1) is 24.0 Å². The number of hydrogen-bond acceptors (Lipinski definition) is 3. The van der Waals surface area contributed by atoms with E-state index < -0.39 is 0 Å². The molecule has 0 bridgehead atoms. The minimum atomic E-state index is -0.209. The molecule has 2 atom stereocenters. The van der Waals surface area contributed by atoms with Crippen LogP contribution in [-0.4, -0.2) is 33.7 Å². The van der Waals surface area contributed by atoms with Gasteiger partial charge in [-0.3, -0.25) is 14.4 Å². The summed E-state index contributed by atoms with van der Waals surface area (Å²) in [6, 6.07) is 0. The predicted octanol–water partition coefficient (Wildman–Crippen LogP) is 1.55. The lowest BCUT2D eigenvalue weighted by Gasteiger charge is -2.15. The van der Waals surface area contributed by atoms with E-state index >= 15 is 0 Å². The molecule has 0 radical (unpaired) electrons. The summed E-state index contributed by atoms with van der Waals surface area (Å²) in [6.07, 6.45) is 0. The molecule has 1 aliphatic rings. The second kappa shape index (κ2) is 6.41. The third-order valence-corrected chi connectivity index (χ3v) is 4.18. The SMILES string of the molecule is Cc1nn(C)c(Cl)c1CN1C[C@@H](C)[C@H](C(N)=O)C1.I. The Balaban J connectivity index is 0.00000180. The van der Waals surface area contributed by atoms with E-state index in [1.54, 1.807) is 4.68 Å². The lowest BCUT2D eigenvalue weighted by Crippen LogP contribution is -2.29. The Morgan fingerprint density at radius 2 is 2.16 bits per heavy atom. The highest BCUT2D eigenvalue weighted by molar-refractivity contribution is 14.0. The van der Waals surface area contributed by atoms with Crippen LogP contribution in [0.3, 0.4) is 0 Å². The Labute approximate surface area is 135 Å². The van der Waals surface area contributed by atoms with Crippen molar-refractivity contribution in [1.82, 2.24) is 14.7 Å². The molecular formula is C12H20ClIN4O. The van der Waals surface area contributed by atoms with Gasteiger partial charge in [0, 0.05) is 32.2 Å². The molecular weight excluding hydrogens is 379 g/mol. The van der Waals surface area contributed by atoms with Gasteiger partial charge in [-0.2, -0.15) is 5.10 Å². The minimum absolute atomic E-state index is 0. The fourth-order valence-electron chi connectivity index (χ4n) is 2.64. The van der Waals surface area contributed by atoms with E-state index in [-0.39, 0.29) is 35.8 Å².